The summed E-state index contributed by atoms with van der Waals surface area (Å²) in [5.41, 5.74) is 2.08. The fourth-order valence-corrected chi connectivity index (χ4v) is 4.05. The molecule has 1 fully saturated rings. The predicted octanol–water partition coefficient (Wildman–Crippen LogP) is 0.792. The van der Waals surface area contributed by atoms with Gasteiger partial charge in [0.15, 0.2) is 16.4 Å². The number of rotatable bonds is 4. The minimum atomic E-state index is -3.13. The number of hydrogen-bond acceptors (Lipinski definition) is 5. The van der Waals surface area contributed by atoms with Gasteiger partial charge in [0.25, 0.3) is 0 Å². The Balaban J connectivity index is 1.91. The van der Waals surface area contributed by atoms with Crippen LogP contribution in [0, 0.1) is 19.8 Å². The van der Waals surface area contributed by atoms with E-state index in [1.165, 1.54) is 0 Å². The molecule has 20 heavy (non-hydrogen) atoms. The summed E-state index contributed by atoms with van der Waals surface area (Å²) in [6.07, 6.45) is 0.275. The number of esters is 1. The summed E-state index contributed by atoms with van der Waals surface area (Å²) in [6, 6.07) is 1.70. The maximum atomic E-state index is 11.9. The van der Waals surface area contributed by atoms with Crippen molar-refractivity contribution in [2.75, 3.05) is 18.1 Å². The summed E-state index contributed by atoms with van der Waals surface area (Å²) >= 11 is 0. The molecule has 0 spiro atoms. The molecule has 1 aromatic heterocycles. The van der Waals surface area contributed by atoms with Crippen molar-refractivity contribution in [3.05, 3.63) is 23.0 Å². The van der Waals surface area contributed by atoms with E-state index in [9.17, 15) is 18.0 Å². The number of Topliss-reactive ketones (excluding diaryl/α,β-unsaturated/α-hetero) is 1. The number of aromatic amines is 1. The lowest BCUT2D eigenvalue weighted by Crippen LogP contribution is -2.22. The monoisotopic (exact) mass is 299 g/mol. The van der Waals surface area contributed by atoms with Crippen LogP contribution in [0.4, 0.5) is 0 Å². The molecular weight excluding hydrogens is 282 g/mol. The fourth-order valence-electron chi connectivity index (χ4n) is 2.33. The maximum Gasteiger partial charge on any atom is 0.310 e. The van der Waals surface area contributed by atoms with E-state index in [0.29, 0.717) is 5.56 Å². The maximum absolute atomic E-state index is 11.9. The summed E-state index contributed by atoms with van der Waals surface area (Å²) in [4.78, 5) is 26.6. The van der Waals surface area contributed by atoms with Gasteiger partial charge in [-0.2, -0.15) is 0 Å². The highest BCUT2D eigenvalue weighted by atomic mass is 32.2. The molecule has 2 rings (SSSR count). The highest BCUT2D eigenvalue weighted by Crippen LogP contribution is 2.20. The highest BCUT2D eigenvalue weighted by Gasteiger charge is 2.34. The van der Waals surface area contributed by atoms with E-state index in [4.69, 9.17) is 4.74 Å². The van der Waals surface area contributed by atoms with Crippen molar-refractivity contribution in [2.45, 2.75) is 20.3 Å². The molecule has 1 aliphatic heterocycles. The van der Waals surface area contributed by atoms with E-state index in [2.05, 4.69) is 4.98 Å². The summed E-state index contributed by atoms with van der Waals surface area (Å²) in [5.74, 6) is -1.70. The van der Waals surface area contributed by atoms with Crippen molar-refractivity contribution in [3.63, 3.8) is 0 Å². The summed E-state index contributed by atoms with van der Waals surface area (Å²) in [5, 5.41) is 0. The number of carbonyl (C=O) groups is 2. The van der Waals surface area contributed by atoms with E-state index in [0.717, 1.165) is 11.4 Å². The highest BCUT2D eigenvalue weighted by molar-refractivity contribution is 7.91. The van der Waals surface area contributed by atoms with Crippen molar-refractivity contribution < 1.29 is 22.7 Å². The molecule has 0 saturated carbocycles. The average molecular weight is 299 g/mol. The minimum absolute atomic E-state index is 0.0107. The van der Waals surface area contributed by atoms with Gasteiger partial charge in [-0.05, 0) is 26.3 Å². The Labute approximate surface area is 117 Å². The summed E-state index contributed by atoms with van der Waals surface area (Å²) in [7, 11) is -3.13. The van der Waals surface area contributed by atoms with Crippen LogP contribution in [0.5, 0.6) is 0 Å². The number of sulfone groups is 1. The van der Waals surface area contributed by atoms with Crippen LogP contribution in [-0.2, 0) is 19.4 Å². The molecule has 1 unspecified atom stereocenters. The van der Waals surface area contributed by atoms with Crippen LogP contribution in [0.15, 0.2) is 6.07 Å². The number of aryl methyl sites for hydroxylation is 2. The van der Waals surface area contributed by atoms with Gasteiger partial charge in [-0.25, -0.2) is 8.42 Å². The van der Waals surface area contributed by atoms with Crippen molar-refractivity contribution in [3.8, 4) is 0 Å². The molecule has 7 heteroatoms. The Bertz CT molecular complexity index is 644. The Morgan fingerprint density at radius 3 is 2.60 bits per heavy atom. The van der Waals surface area contributed by atoms with Gasteiger partial charge in [0.1, 0.15) is 0 Å². The second-order valence-electron chi connectivity index (χ2n) is 5.12. The largest absolute Gasteiger partial charge is 0.457 e. The lowest BCUT2D eigenvalue weighted by Gasteiger charge is -2.07. The molecule has 1 N–H and O–H groups in total. The van der Waals surface area contributed by atoms with E-state index in [1.807, 2.05) is 6.92 Å². The molecular formula is C13H17NO5S. The van der Waals surface area contributed by atoms with Gasteiger partial charge < -0.3 is 9.72 Å². The van der Waals surface area contributed by atoms with Gasteiger partial charge in [0, 0.05) is 17.0 Å². The molecule has 1 saturated heterocycles. The Kier molecular flexibility index (Phi) is 3.99. The zero-order valence-corrected chi connectivity index (χ0v) is 12.2. The van der Waals surface area contributed by atoms with Crippen LogP contribution in [0.3, 0.4) is 0 Å². The van der Waals surface area contributed by atoms with E-state index in [-0.39, 0.29) is 30.3 Å². The lowest BCUT2D eigenvalue weighted by molar-refractivity contribution is -0.146. The normalized spacial score (nSPS) is 20.8. The number of aromatic nitrogens is 1. The Morgan fingerprint density at radius 1 is 1.40 bits per heavy atom. The molecule has 1 aromatic rings. The SMILES string of the molecule is Cc1cc(C(=O)COC(=O)C2CCS(=O)(=O)C2)c(C)[nH]1. The van der Waals surface area contributed by atoms with Crippen LogP contribution in [0.25, 0.3) is 0 Å². The third-order valence-corrected chi connectivity index (χ3v) is 5.13. The number of ether oxygens (including phenoxy) is 1. The smallest absolute Gasteiger partial charge is 0.310 e. The Morgan fingerprint density at radius 2 is 2.10 bits per heavy atom. The predicted molar refractivity (Wildman–Crippen MR) is 72.3 cm³/mol. The zero-order valence-electron chi connectivity index (χ0n) is 11.4. The van der Waals surface area contributed by atoms with Crippen LogP contribution >= 0.6 is 0 Å². The first-order chi connectivity index (χ1) is 9.28. The summed E-state index contributed by atoms with van der Waals surface area (Å²) < 4.78 is 27.5. The number of hydrogen-bond donors (Lipinski definition) is 1. The number of nitrogens with one attached hydrogen (secondary N) is 1. The second kappa shape index (κ2) is 5.40. The van der Waals surface area contributed by atoms with E-state index in [1.54, 1.807) is 13.0 Å². The molecule has 0 bridgehead atoms. The zero-order chi connectivity index (χ0) is 14.9. The fraction of sp³-hybridized carbons (Fsp3) is 0.538. The van der Waals surface area contributed by atoms with Crippen LogP contribution in [-0.4, -0.2) is 43.3 Å². The molecule has 1 atom stereocenters. The van der Waals surface area contributed by atoms with Gasteiger partial charge in [-0.3, -0.25) is 9.59 Å². The molecule has 0 aliphatic carbocycles. The number of carbonyl (C=O) groups excluding carboxylic acids is 2. The summed E-state index contributed by atoms with van der Waals surface area (Å²) in [6.45, 7) is 3.25. The van der Waals surface area contributed by atoms with Crippen molar-refractivity contribution in [1.82, 2.24) is 4.98 Å². The van der Waals surface area contributed by atoms with Gasteiger partial charge in [-0.1, -0.05) is 0 Å². The van der Waals surface area contributed by atoms with E-state index >= 15 is 0 Å². The van der Waals surface area contributed by atoms with Crippen LogP contribution < -0.4 is 0 Å². The number of ketones is 1. The quantitative estimate of drug-likeness (QED) is 0.655. The first kappa shape index (κ1) is 14.8. The molecule has 0 aromatic carbocycles. The number of H-pyrrole nitrogens is 1. The molecule has 1 aliphatic rings. The van der Waals surface area contributed by atoms with Crippen molar-refractivity contribution in [2.24, 2.45) is 5.92 Å². The average Bonchev–Trinajstić information content (AvgIpc) is 2.88. The molecule has 0 amide bonds. The first-order valence-electron chi connectivity index (χ1n) is 6.35. The second-order valence-corrected chi connectivity index (χ2v) is 7.35. The molecule has 110 valence electrons. The van der Waals surface area contributed by atoms with Crippen LogP contribution in [0.2, 0.25) is 0 Å². The third-order valence-electron chi connectivity index (χ3n) is 3.36. The molecule has 0 radical (unpaired) electrons. The van der Waals surface area contributed by atoms with Gasteiger partial charge in [-0.15, -0.1) is 0 Å². The minimum Gasteiger partial charge on any atom is -0.457 e. The topological polar surface area (TPSA) is 93.3 Å². The van der Waals surface area contributed by atoms with E-state index < -0.39 is 21.7 Å². The van der Waals surface area contributed by atoms with Crippen molar-refractivity contribution >= 4 is 21.6 Å². The van der Waals surface area contributed by atoms with Crippen LogP contribution in [0.1, 0.15) is 28.2 Å². The standard InChI is InChI=1S/C13H17NO5S/c1-8-5-11(9(2)14-8)12(15)6-19-13(16)10-3-4-20(17,18)7-10/h5,10,14H,3-4,6-7H2,1-2H3. The molecule has 6 nitrogen and oxygen atoms in total. The third kappa shape index (κ3) is 3.27. The van der Waals surface area contributed by atoms with Gasteiger partial charge in [0.05, 0.1) is 17.4 Å². The lowest BCUT2D eigenvalue weighted by atomic mass is 10.1. The first-order valence-corrected chi connectivity index (χ1v) is 8.17. The molecule has 2 heterocycles. The Hall–Kier alpha value is -1.63. The van der Waals surface area contributed by atoms with Gasteiger partial charge >= 0.3 is 5.97 Å². The van der Waals surface area contributed by atoms with Gasteiger partial charge in [0.2, 0.25) is 5.78 Å². The van der Waals surface area contributed by atoms with Crippen molar-refractivity contribution in [1.29, 1.82) is 0 Å².